The minimum absolute atomic E-state index is 0.449. The van der Waals surface area contributed by atoms with Crippen molar-refractivity contribution in [3.05, 3.63) is 40.5 Å². The third-order valence-corrected chi connectivity index (χ3v) is 2.62. The predicted octanol–water partition coefficient (Wildman–Crippen LogP) is 2.61. The Kier molecular flexibility index (Phi) is 5.01. The van der Waals surface area contributed by atoms with Crippen LogP contribution in [-0.2, 0) is 16.1 Å². The van der Waals surface area contributed by atoms with Crippen molar-refractivity contribution in [1.29, 1.82) is 0 Å². The summed E-state index contributed by atoms with van der Waals surface area (Å²) in [5.74, 6) is -0.990. The summed E-state index contributed by atoms with van der Waals surface area (Å²) in [5.41, 5.74) is 1.76. The van der Waals surface area contributed by atoms with Gasteiger partial charge in [-0.15, -0.1) is 0 Å². The standard InChI is InChI=1S/C11H12BrNO3/c1-16-7-8-9(12)3-2-4-10(8)13-6-5-11(14)15/h2-6,13H,7H2,1H3,(H,14,15)/b6-5+. The molecule has 0 aliphatic carbocycles. The molecule has 0 aliphatic rings. The molecule has 1 rings (SSSR count). The van der Waals surface area contributed by atoms with Gasteiger partial charge in [0.2, 0.25) is 0 Å². The highest BCUT2D eigenvalue weighted by Crippen LogP contribution is 2.25. The first-order valence-corrected chi connectivity index (χ1v) is 5.36. The van der Waals surface area contributed by atoms with E-state index < -0.39 is 5.97 Å². The molecule has 0 aromatic heterocycles. The van der Waals surface area contributed by atoms with Crippen LogP contribution in [0.2, 0.25) is 0 Å². The summed E-state index contributed by atoms with van der Waals surface area (Å²) in [6.45, 7) is 0.449. The number of ether oxygens (including phenoxy) is 1. The minimum Gasteiger partial charge on any atom is -0.478 e. The Hall–Kier alpha value is -1.33. The van der Waals surface area contributed by atoms with Crippen LogP contribution in [0.5, 0.6) is 0 Å². The number of carboxylic acids is 1. The molecule has 0 unspecified atom stereocenters. The Morgan fingerprint density at radius 3 is 3.00 bits per heavy atom. The quantitative estimate of drug-likeness (QED) is 0.817. The van der Waals surface area contributed by atoms with Crippen LogP contribution in [0.4, 0.5) is 5.69 Å². The van der Waals surface area contributed by atoms with Crippen LogP contribution in [0.15, 0.2) is 34.9 Å². The maximum atomic E-state index is 10.3. The van der Waals surface area contributed by atoms with E-state index in [0.717, 1.165) is 21.8 Å². The van der Waals surface area contributed by atoms with Gasteiger partial charge in [-0.3, -0.25) is 0 Å². The fraction of sp³-hybridized carbons (Fsp3) is 0.182. The highest BCUT2D eigenvalue weighted by atomic mass is 79.9. The van der Waals surface area contributed by atoms with E-state index in [0.29, 0.717) is 6.61 Å². The molecule has 0 saturated heterocycles. The van der Waals surface area contributed by atoms with E-state index in [1.54, 1.807) is 7.11 Å². The van der Waals surface area contributed by atoms with Gasteiger partial charge in [-0.25, -0.2) is 4.79 Å². The van der Waals surface area contributed by atoms with Gasteiger partial charge in [-0.05, 0) is 12.1 Å². The molecule has 0 fully saturated rings. The van der Waals surface area contributed by atoms with Gasteiger partial charge in [0, 0.05) is 35.1 Å². The number of hydrogen-bond donors (Lipinski definition) is 2. The first-order valence-electron chi connectivity index (χ1n) is 4.57. The number of halogens is 1. The molecule has 0 amide bonds. The molecule has 16 heavy (non-hydrogen) atoms. The van der Waals surface area contributed by atoms with Crippen molar-refractivity contribution in [1.82, 2.24) is 0 Å². The van der Waals surface area contributed by atoms with Crippen LogP contribution >= 0.6 is 15.9 Å². The van der Waals surface area contributed by atoms with Crippen molar-refractivity contribution in [2.75, 3.05) is 12.4 Å². The van der Waals surface area contributed by atoms with Crippen LogP contribution in [0.3, 0.4) is 0 Å². The van der Waals surface area contributed by atoms with Crippen molar-refractivity contribution in [2.24, 2.45) is 0 Å². The fourth-order valence-electron chi connectivity index (χ4n) is 1.19. The van der Waals surface area contributed by atoms with E-state index >= 15 is 0 Å². The van der Waals surface area contributed by atoms with Crippen molar-refractivity contribution in [3.63, 3.8) is 0 Å². The van der Waals surface area contributed by atoms with E-state index in [1.165, 1.54) is 6.20 Å². The van der Waals surface area contributed by atoms with Gasteiger partial charge in [0.25, 0.3) is 0 Å². The molecular formula is C11H12BrNO3. The van der Waals surface area contributed by atoms with Crippen LogP contribution in [-0.4, -0.2) is 18.2 Å². The van der Waals surface area contributed by atoms with Gasteiger partial charge in [0.05, 0.1) is 6.61 Å². The van der Waals surface area contributed by atoms with E-state index in [9.17, 15) is 4.79 Å². The summed E-state index contributed by atoms with van der Waals surface area (Å²) in [7, 11) is 1.61. The van der Waals surface area contributed by atoms with Gasteiger partial charge >= 0.3 is 5.97 Å². The second kappa shape index (κ2) is 6.30. The molecule has 1 aromatic rings. The Labute approximate surface area is 102 Å². The van der Waals surface area contributed by atoms with Crippen molar-refractivity contribution >= 4 is 27.6 Å². The topological polar surface area (TPSA) is 58.6 Å². The highest BCUT2D eigenvalue weighted by molar-refractivity contribution is 9.10. The van der Waals surface area contributed by atoms with E-state index in [1.807, 2.05) is 18.2 Å². The lowest BCUT2D eigenvalue weighted by Crippen LogP contribution is -1.98. The maximum absolute atomic E-state index is 10.3. The Morgan fingerprint density at radius 1 is 1.62 bits per heavy atom. The van der Waals surface area contributed by atoms with Crippen LogP contribution < -0.4 is 5.32 Å². The molecule has 0 spiro atoms. The zero-order valence-electron chi connectivity index (χ0n) is 8.74. The third kappa shape index (κ3) is 3.67. The Morgan fingerprint density at radius 2 is 2.38 bits per heavy atom. The summed E-state index contributed by atoms with van der Waals surface area (Å²) in [4.78, 5) is 10.3. The van der Waals surface area contributed by atoms with Crippen LogP contribution in [0.25, 0.3) is 0 Å². The molecule has 1 aromatic carbocycles. The molecule has 86 valence electrons. The number of carboxylic acid groups (broad SMARTS) is 1. The normalized spacial score (nSPS) is 10.6. The Balaban J connectivity index is 2.86. The number of carbonyl (C=O) groups is 1. The van der Waals surface area contributed by atoms with Gasteiger partial charge in [0.1, 0.15) is 0 Å². The molecule has 0 bridgehead atoms. The van der Waals surface area contributed by atoms with Crippen molar-refractivity contribution < 1.29 is 14.6 Å². The Bertz CT molecular complexity index is 404. The summed E-state index contributed by atoms with van der Waals surface area (Å²) in [6, 6.07) is 5.62. The minimum atomic E-state index is -0.990. The molecule has 0 atom stereocenters. The maximum Gasteiger partial charge on any atom is 0.329 e. The zero-order chi connectivity index (χ0) is 12.0. The average Bonchev–Trinajstić information content (AvgIpc) is 2.22. The van der Waals surface area contributed by atoms with Crippen molar-refractivity contribution in [2.45, 2.75) is 6.61 Å². The summed E-state index contributed by atoms with van der Waals surface area (Å²) in [6.07, 6.45) is 2.42. The van der Waals surface area contributed by atoms with Crippen LogP contribution in [0.1, 0.15) is 5.56 Å². The second-order valence-electron chi connectivity index (χ2n) is 3.01. The SMILES string of the molecule is COCc1c(Br)cccc1N/C=C/C(=O)O. The van der Waals surface area contributed by atoms with Gasteiger partial charge in [-0.1, -0.05) is 22.0 Å². The number of nitrogens with one attached hydrogen (secondary N) is 1. The fourth-order valence-corrected chi connectivity index (χ4v) is 1.67. The van der Waals surface area contributed by atoms with Gasteiger partial charge < -0.3 is 15.2 Å². The number of hydrogen-bond acceptors (Lipinski definition) is 3. The van der Waals surface area contributed by atoms with Gasteiger partial charge in [0.15, 0.2) is 0 Å². The average molecular weight is 286 g/mol. The van der Waals surface area contributed by atoms with E-state index in [4.69, 9.17) is 9.84 Å². The smallest absolute Gasteiger partial charge is 0.329 e. The molecule has 0 aliphatic heterocycles. The number of aliphatic carboxylic acids is 1. The number of methoxy groups -OCH3 is 1. The van der Waals surface area contributed by atoms with Crippen LogP contribution in [0, 0.1) is 0 Å². The first-order chi connectivity index (χ1) is 7.65. The molecule has 2 N–H and O–H groups in total. The molecule has 0 saturated carbocycles. The highest BCUT2D eigenvalue weighted by Gasteiger charge is 2.04. The lowest BCUT2D eigenvalue weighted by molar-refractivity contribution is -0.131. The lowest BCUT2D eigenvalue weighted by Gasteiger charge is -2.10. The monoisotopic (exact) mass is 285 g/mol. The number of anilines is 1. The molecule has 0 radical (unpaired) electrons. The van der Waals surface area contributed by atoms with E-state index in [2.05, 4.69) is 21.2 Å². The van der Waals surface area contributed by atoms with E-state index in [-0.39, 0.29) is 0 Å². The summed E-state index contributed by atoms with van der Waals surface area (Å²) < 4.78 is 5.99. The second-order valence-corrected chi connectivity index (χ2v) is 3.87. The molecule has 5 heteroatoms. The third-order valence-electron chi connectivity index (χ3n) is 1.87. The molecule has 0 heterocycles. The summed E-state index contributed by atoms with van der Waals surface area (Å²) >= 11 is 3.41. The molecule has 4 nitrogen and oxygen atoms in total. The number of rotatable bonds is 5. The lowest BCUT2D eigenvalue weighted by atomic mass is 10.2. The molecular weight excluding hydrogens is 274 g/mol. The largest absolute Gasteiger partial charge is 0.478 e. The van der Waals surface area contributed by atoms with Gasteiger partial charge in [-0.2, -0.15) is 0 Å². The van der Waals surface area contributed by atoms with Crippen molar-refractivity contribution in [3.8, 4) is 0 Å². The predicted molar refractivity (Wildman–Crippen MR) is 65.3 cm³/mol. The number of benzene rings is 1. The zero-order valence-corrected chi connectivity index (χ0v) is 10.3. The first kappa shape index (κ1) is 12.7. The summed E-state index contributed by atoms with van der Waals surface area (Å²) in [5, 5.41) is 11.4.